The van der Waals surface area contributed by atoms with Crippen molar-refractivity contribution in [3.63, 3.8) is 0 Å². The van der Waals surface area contributed by atoms with Crippen LogP contribution < -0.4 is 4.74 Å². The van der Waals surface area contributed by atoms with Gasteiger partial charge in [0.15, 0.2) is 5.76 Å². The Labute approximate surface area is 134 Å². The Morgan fingerprint density at radius 2 is 2.22 bits per heavy atom. The molecule has 1 aliphatic rings. The molecule has 124 valence electrons. The standard InChI is InChI=1S/C14H18N4O4S/c1-10-14(11(2)22-17-10)23(19,20)18-7-3-4-12(8-18)21-13-5-6-15-9-16-13/h5-6,9,12H,3-4,7-8H2,1-2H3. The van der Waals surface area contributed by atoms with E-state index in [2.05, 4.69) is 15.1 Å². The maximum Gasteiger partial charge on any atom is 0.248 e. The van der Waals surface area contributed by atoms with Gasteiger partial charge in [-0.1, -0.05) is 5.16 Å². The number of rotatable bonds is 4. The van der Waals surface area contributed by atoms with E-state index >= 15 is 0 Å². The highest BCUT2D eigenvalue weighted by atomic mass is 32.2. The van der Waals surface area contributed by atoms with Crippen LogP contribution in [0.4, 0.5) is 0 Å². The van der Waals surface area contributed by atoms with Crippen LogP contribution in [0.5, 0.6) is 5.88 Å². The number of piperidine rings is 1. The van der Waals surface area contributed by atoms with Crippen molar-refractivity contribution >= 4 is 10.0 Å². The topological polar surface area (TPSA) is 98.4 Å². The number of ether oxygens (including phenoxy) is 1. The van der Waals surface area contributed by atoms with E-state index in [0.717, 1.165) is 12.8 Å². The van der Waals surface area contributed by atoms with Gasteiger partial charge in [-0.2, -0.15) is 4.31 Å². The Hall–Kier alpha value is -2.00. The number of hydrogen-bond acceptors (Lipinski definition) is 7. The maximum absolute atomic E-state index is 12.8. The quantitative estimate of drug-likeness (QED) is 0.829. The first-order chi connectivity index (χ1) is 11.0. The zero-order valence-corrected chi connectivity index (χ0v) is 13.8. The van der Waals surface area contributed by atoms with Gasteiger partial charge in [-0.3, -0.25) is 0 Å². The molecule has 0 bridgehead atoms. The number of nitrogens with zero attached hydrogens (tertiary/aromatic N) is 4. The van der Waals surface area contributed by atoms with Crippen molar-refractivity contribution in [2.24, 2.45) is 0 Å². The number of aryl methyl sites for hydroxylation is 2. The van der Waals surface area contributed by atoms with Crippen molar-refractivity contribution in [3.05, 3.63) is 30.0 Å². The lowest BCUT2D eigenvalue weighted by molar-refractivity contribution is 0.124. The second kappa shape index (κ2) is 6.25. The van der Waals surface area contributed by atoms with E-state index in [1.807, 2.05) is 0 Å². The van der Waals surface area contributed by atoms with Crippen LogP contribution in [-0.2, 0) is 10.0 Å². The van der Waals surface area contributed by atoms with E-state index in [0.29, 0.717) is 23.9 Å². The number of aromatic nitrogens is 3. The van der Waals surface area contributed by atoms with Gasteiger partial charge in [0.2, 0.25) is 15.9 Å². The Morgan fingerprint density at radius 1 is 1.39 bits per heavy atom. The van der Waals surface area contributed by atoms with Gasteiger partial charge in [0.25, 0.3) is 0 Å². The minimum absolute atomic E-state index is 0.153. The van der Waals surface area contributed by atoms with Gasteiger partial charge in [0, 0.05) is 18.8 Å². The van der Waals surface area contributed by atoms with Crippen molar-refractivity contribution in [2.45, 2.75) is 37.7 Å². The summed E-state index contributed by atoms with van der Waals surface area (Å²) >= 11 is 0. The van der Waals surface area contributed by atoms with Crippen LogP contribution in [0.15, 0.2) is 28.0 Å². The second-order valence-corrected chi connectivity index (χ2v) is 7.32. The summed E-state index contributed by atoms with van der Waals surface area (Å²) in [4.78, 5) is 8.00. The van der Waals surface area contributed by atoms with Gasteiger partial charge in [-0.15, -0.1) is 0 Å². The molecule has 1 atom stereocenters. The summed E-state index contributed by atoms with van der Waals surface area (Å²) in [5.74, 6) is 0.753. The molecule has 1 saturated heterocycles. The summed E-state index contributed by atoms with van der Waals surface area (Å²) in [6, 6.07) is 1.65. The number of hydrogen-bond donors (Lipinski definition) is 0. The fraction of sp³-hybridized carbons (Fsp3) is 0.500. The molecule has 1 unspecified atom stereocenters. The fourth-order valence-corrected chi connectivity index (χ4v) is 4.51. The smallest absolute Gasteiger partial charge is 0.248 e. The second-order valence-electron chi connectivity index (χ2n) is 5.45. The summed E-state index contributed by atoms with van der Waals surface area (Å²) in [5.41, 5.74) is 0.376. The van der Waals surface area contributed by atoms with Gasteiger partial charge >= 0.3 is 0 Å². The predicted octanol–water partition coefficient (Wildman–Crippen LogP) is 1.31. The maximum atomic E-state index is 12.8. The zero-order valence-electron chi connectivity index (χ0n) is 13.0. The number of sulfonamides is 1. The van der Waals surface area contributed by atoms with Crippen LogP contribution in [0.3, 0.4) is 0 Å². The molecule has 23 heavy (non-hydrogen) atoms. The third kappa shape index (κ3) is 3.20. The molecule has 0 radical (unpaired) electrons. The SMILES string of the molecule is Cc1noc(C)c1S(=O)(=O)N1CCCC(Oc2ccncn2)C1. The molecule has 9 heteroatoms. The van der Waals surface area contributed by atoms with Crippen LogP contribution in [0, 0.1) is 13.8 Å². The highest BCUT2D eigenvalue weighted by Crippen LogP contribution is 2.26. The summed E-state index contributed by atoms with van der Waals surface area (Å²) in [6.45, 7) is 3.96. The largest absolute Gasteiger partial charge is 0.473 e. The van der Waals surface area contributed by atoms with E-state index < -0.39 is 10.0 Å². The molecule has 0 amide bonds. The molecule has 0 aliphatic carbocycles. The van der Waals surface area contributed by atoms with E-state index in [1.54, 1.807) is 26.1 Å². The summed E-state index contributed by atoms with van der Waals surface area (Å²) in [5, 5.41) is 3.74. The molecular formula is C14H18N4O4S. The third-order valence-corrected chi connectivity index (χ3v) is 5.86. The van der Waals surface area contributed by atoms with Crippen LogP contribution in [0.2, 0.25) is 0 Å². The van der Waals surface area contributed by atoms with Crippen LogP contribution in [0.1, 0.15) is 24.3 Å². The van der Waals surface area contributed by atoms with Crippen LogP contribution in [0.25, 0.3) is 0 Å². The van der Waals surface area contributed by atoms with E-state index in [1.165, 1.54) is 10.6 Å². The molecular weight excluding hydrogens is 320 g/mol. The normalized spacial score (nSPS) is 19.7. The molecule has 3 rings (SSSR count). The molecule has 1 aliphatic heterocycles. The van der Waals surface area contributed by atoms with E-state index in [-0.39, 0.29) is 17.5 Å². The Bertz CT molecular complexity index is 756. The third-order valence-electron chi connectivity index (χ3n) is 3.75. The predicted molar refractivity (Wildman–Crippen MR) is 80.4 cm³/mol. The van der Waals surface area contributed by atoms with Gasteiger partial charge < -0.3 is 9.26 Å². The van der Waals surface area contributed by atoms with E-state index in [4.69, 9.17) is 9.26 Å². The molecule has 0 N–H and O–H groups in total. The molecule has 0 saturated carbocycles. The lowest BCUT2D eigenvalue weighted by atomic mass is 10.1. The molecule has 8 nitrogen and oxygen atoms in total. The first-order valence-electron chi connectivity index (χ1n) is 7.34. The van der Waals surface area contributed by atoms with Crippen LogP contribution >= 0.6 is 0 Å². The average Bonchev–Trinajstić information content (AvgIpc) is 2.88. The van der Waals surface area contributed by atoms with Crippen molar-refractivity contribution < 1.29 is 17.7 Å². The Kier molecular flexibility index (Phi) is 4.31. The van der Waals surface area contributed by atoms with Gasteiger partial charge in [0.1, 0.15) is 23.0 Å². The van der Waals surface area contributed by atoms with Crippen molar-refractivity contribution in [2.75, 3.05) is 13.1 Å². The molecule has 0 spiro atoms. The molecule has 1 fully saturated rings. The minimum atomic E-state index is -3.64. The van der Waals surface area contributed by atoms with Gasteiger partial charge in [0.05, 0.1) is 6.54 Å². The Balaban J connectivity index is 1.78. The molecule has 3 heterocycles. The van der Waals surface area contributed by atoms with Gasteiger partial charge in [-0.25, -0.2) is 18.4 Å². The van der Waals surface area contributed by atoms with Crippen molar-refractivity contribution in [1.82, 2.24) is 19.4 Å². The van der Waals surface area contributed by atoms with Crippen LogP contribution in [-0.4, -0.2) is 47.0 Å². The Morgan fingerprint density at radius 3 is 2.87 bits per heavy atom. The highest BCUT2D eigenvalue weighted by Gasteiger charge is 2.35. The zero-order chi connectivity index (χ0) is 16.4. The monoisotopic (exact) mass is 338 g/mol. The molecule has 0 aromatic carbocycles. The minimum Gasteiger partial charge on any atom is -0.473 e. The highest BCUT2D eigenvalue weighted by molar-refractivity contribution is 7.89. The average molecular weight is 338 g/mol. The summed E-state index contributed by atoms with van der Waals surface area (Å²) in [6.07, 6.45) is 4.24. The molecule has 2 aromatic heterocycles. The molecule has 2 aromatic rings. The first-order valence-corrected chi connectivity index (χ1v) is 8.78. The lowest BCUT2D eigenvalue weighted by Gasteiger charge is -2.31. The fourth-order valence-electron chi connectivity index (χ4n) is 2.71. The van der Waals surface area contributed by atoms with E-state index in [9.17, 15) is 8.42 Å². The van der Waals surface area contributed by atoms with Gasteiger partial charge in [-0.05, 0) is 26.7 Å². The first kappa shape index (κ1) is 15.9. The van der Waals surface area contributed by atoms with Crippen molar-refractivity contribution in [3.8, 4) is 5.88 Å². The summed E-state index contributed by atoms with van der Waals surface area (Å²) in [7, 11) is -3.64. The van der Waals surface area contributed by atoms with Crippen molar-refractivity contribution in [1.29, 1.82) is 0 Å². The summed E-state index contributed by atoms with van der Waals surface area (Å²) < 4.78 is 37.8. The lowest BCUT2D eigenvalue weighted by Crippen LogP contribution is -2.44.